The van der Waals surface area contributed by atoms with Crippen LogP contribution in [0, 0.1) is 5.92 Å². The first kappa shape index (κ1) is 16.2. The lowest BCUT2D eigenvalue weighted by atomic mass is 9.81. The topological polar surface area (TPSA) is 54.5 Å². The molecule has 4 rings (SSSR count). The Morgan fingerprint density at radius 2 is 1.92 bits per heavy atom. The van der Waals surface area contributed by atoms with Gasteiger partial charge in [0.15, 0.2) is 5.65 Å². The number of fused-ring (bicyclic) bond motifs is 2. The summed E-state index contributed by atoms with van der Waals surface area (Å²) in [5.74, 6) is 1.63. The van der Waals surface area contributed by atoms with Gasteiger partial charge in [-0.1, -0.05) is 26.8 Å². The van der Waals surface area contributed by atoms with Crippen molar-refractivity contribution < 1.29 is 0 Å². The van der Waals surface area contributed by atoms with Gasteiger partial charge < -0.3 is 4.98 Å². The van der Waals surface area contributed by atoms with E-state index in [1.54, 1.807) is 6.33 Å². The van der Waals surface area contributed by atoms with Crippen LogP contribution >= 0.6 is 0 Å². The molecule has 0 aromatic carbocycles. The van der Waals surface area contributed by atoms with Crippen molar-refractivity contribution in [1.29, 1.82) is 0 Å². The molecule has 1 N–H and O–H groups in total. The van der Waals surface area contributed by atoms with E-state index in [0.717, 1.165) is 36.1 Å². The third-order valence-corrected chi connectivity index (χ3v) is 5.48. The normalized spacial score (nSPS) is 18.5. The monoisotopic (exact) mass is 334 g/mol. The molecular formula is C21H26N4. The molecule has 4 heteroatoms. The van der Waals surface area contributed by atoms with E-state index in [2.05, 4.69) is 55.0 Å². The van der Waals surface area contributed by atoms with Gasteiger partial charge in [-0.25, -0.2) is 9.97 Å². The molecule has 0 saturated heterocycles. The first-order valence-corrected chi connectivity index (χ1v) is 9.39. The van der Waals surface area contributed by atoms with Gasteiger partial charge in [-0.3, -0.25) is 4.98 Å². The third kappa shape index (κ3) is 3.30. The van der Waals surface area contributed by atoms with Gasteiger partial charge in [0.05, 0.1) is 11.8 Å². The molecule has 0 spiro atoms. The fraction of sp³-hybridized carbons (Fsp3) is 0.476. The molecule has 1 aliphatic rings. The predicted octanol–water partition coefficient (Wildman–Crippen LogP) is 4.78. The molecular weight excluding hydrogens is 308 g/mol. The molecule has 3 aromatic rings. The van der Waals surface area contributed by atoms with Crippen LogP contribution in [0.1, 0.15) is 68.1 Å². The Bertz CT molecular complexity index is 880. The summed E-state index contributed by atoms with van der Waals surface area (Å²) in [4.78, 5) is 17.1. The smallest absolute Gasteiger partial charge is 0.177 e. The van der Waals surface area contributed by atoms with Crippen molar-refractivity contribution in [2.24, 2.45) is 5.92 Å². The number of pyridine rings is 2. The highest BCUT2D eigenvalue weighted by atomic mass is 15.0. The number of H-pyrrole nitrogens is 1. The van der Waals surface area contributed by atoms with Crippen molar-refractivity contribution >= 4 is 11.2 Å². The van der Waals surface area contributed by atoms with E-state index in [1.165, 1.54) is 23.4 Å². The molecule has 0 amide bonds. The van der Waals surface area contributed by atoms with E-state index in [-0.39, 0.29) is 0 Å². The molecule has 4 nitrogen and oxygen atoms in total. The highest BCUT2D eigenvalue weighted by Crippen LogP contribution is 2.32. The van der Waals surface area contributed by atoms with Crippen molar-refractivity contribution in [2.75, 3.05) is 0 Å². The number of nitrogens with one attached hydrogen (secondary N) is 1. The summed E-state index contributed by atoms with van der Waals surface area (Å²) in [6, 6.07) is 8.73. The van der Waals surface area contributed by atoms with Crippen LogP contribution in [-0.4, -0.2) is 19.9 Å². The average molecular weight is 334 g/mol. The average Bonchev–Trinajstić information content (AvgIpc) is 3.08. The molecule has 0 fully saturated rings. The lowest BCUT2D eigenvalue weighted by molar-refractivity contribution is 0.390. The molecule has 1 aliphatic carbocycles. The minimum atomic E-state index is 0.445. The number of rotatable bonds is 4. The summed E-state index contributed by atoms with van der Waals surface area (Å²) >= 11 is 0. The first-order valence-electron chi connectivity index (χ1n) is 9.39. The van der Waals surface area contributed by atoms with Crippen molar-refractivity contribution in [1.82, 2.24) is 19.9 Å². The highest BCUT2D eigenvalue weighted by molar-refractivity contribution is 5.69. The van der Waals surface area contributed by atoms with Crippen molar-refractivity contribution in [3.8, 4) is 0 Å². The Morgan fingerprint density at radius 1 is 1.08 bits per heavy atom. The zero-order valence-corrected chi connectivity index (χ0v) is 15.3. The van der Waals surface area contributed by atoms with Gasteiger partial charge in [-0.15, -0.1) is 0 Å². The molecule has 3 aromatic heterocycles. The number of imidazole rings is 1. The van der Waals surface area contributed by atoms with E-state index in [4.69, 9.17) is 9.97 Å². The van der Waals surface area contributed by atoms with Gasteiger partial charge in [-0.2, -0.15) is 0 Å². The van der Waals surface area contributed by atoms with Crippen LogP contribution in [0.25, 0.3) is 11.2 Å². The Hall–Kier alpha value is -2.23. The second kappa shape index (κ2) is 6.58. The van der Waals surface area contributed by atoms with Gasteiger partial charge >= 0.3 is 0 Å². The van der Waals surface area contributed by atoms with E-state index >= 15 is 0 Å². The summed E-state index contributed by atoms with van der Waals surface area (Å²) in [6.07, 6.45) is 6.39. The second-order valence-corrected chi connectivity index (χ2v) is 7.75. The molecule has 0 aliphatic heterocycles. The fourth-order valence-electron chi connectivity index (χ4n) is 3.94. The van der Waals surface area contributed by atoms with Gasteiger partial charge in [0.2, 0.25) is 0 Å². The number of nitrogens with zero attached hydrogens (tertiary/aromatic N) is 3. The summed E-state index contributed by atoms with van der Waals surface area (Å²) in [5.41, 5.74) is 6.97. The molecule has 0 radical (unpaired) electrons. The zero-order valence-electron chi connectivity index (χ0n) is 15.3. The van der Waals surface area contributed by atoms with E-state index < -0.39 is 0 Å². The molecule has 0 saturated carbocycles. The van der Waals surface area contributed by atoms with Gasteiger partial charge in [0.25, 0.3) is 0 Å². The molecule has 130 valence electrons. The number of aryl methyl sites for hydroxylation is 1. The maximum absolute atomic E-state index is 4.95. The number of hydrogen-bond donors (Lipinski definition) is 1. The van der Waals surface area contributed by atoms with Crippen LogP contribution in [-0.2, 0) is 12.8 Å². The molecule has 0 bridgehead atoms. The molecule has 3 heterocycles. The third-order valence-electron chi connectivity index (χ3n) is 5.48. The van der Waals surface area contributed by atoms with Crippen LogP contribution in [0.3, 0.4) is 0 Å². The maximum Gasteiger partial charge on any atom is 0.177 e. The Labute approximate surface area is 149 Å². The lowest BCUT2D eigenvalue weighted by Crippen LogP contribution is -2.18. The largest absolute Gasteiger partial charge is 0.343 e. The Kier molecular flexibility index (Phi) is 4.28. The standard InChI is InChI=1S/C21H26N4/c1-13(2)17-7-6-16-5-4-15(11-20(16)24-17)10-14(3)18-8-9-19-21(25-18)23-12-22-19/h6-9,12-15H,4-5,10-11H2,1-3H3,(H,22,23,25). The second-order valence-electron chi connectivity index (χ2n) is 7.75. The van der Waals surface area contributed by atoms with Crippen molar-refractivity contribution in [3.63, 3.8) is 0 Å². The van der Waals surface area contributed by atoms with Gasteiger partial charge in [-0.05, 0) is 67.2 Å². The zero-order chi connectivity index (χ0) is 17.4. The fourth-order valence-corrected chi connectivity index (χ4v) is 3.94. The number of aromatic nitrogens is 4. The molecule has 2 unspecified atom stereocenters. The quantitative estimate of drug-likeness (QED) is 0.747. The predicted molar refractivity (Wildman–Crippen MR) is 101 cm³/mol. The summed E-state index contributed by atoms with van der Waals surface area (Å²) in [5, 5.41) is 0. The SMILES string of the molecule is CC(C)c1ccc2c(n1)CC(CC(C)c1ccc3[nH]cnc3n1)CC2. The van der Waals surface area contributed by atoms with Crippen LogP contribution in [0.5, 0.6) is 0 Å². The Balaban J connectivity index is 1.48. The van der Waals surface area contributed by atoms with Crippen LogP contribution in [0.2, 0.25) is 0 Å². The summed E-state index contributed by atoms with van der Waals surface area (Å²) in [6.45, 7) is 6.72. The lowest BCUT2D eigenvalue weighted by Gasteiger charge is -2.26. The minimum Gasteiger partial charge on any atom is -0.343 e. The molecule has 2 atom stereocenters. The summed E-state index contributed by atoms with van der Waals surface area (Å²) < 4.78 is 0. The Morgan fingerprint density at radius 3 is 2.76 bits per heavy atom. The maximum atomic E-state index is 4.95. The molecule has 25 heavy (non-hydrogen) atoms. The minimum absolute atomic E-state index is 0.445. The van der Waals surface area contributed by atoms with E-state index in [1.807, 2.05) is 0 Å². The van der Waals surface area contributed by atoms with E-state index in [9.17, 15) is 0 Å². The van der Waals surface area contributed by atoms with Crippen molar-refractivity contribution in [3.05, 3.63) is 53.2 Å². The van der Waals surface area contributed by atoms with Gasteiger partial charge in [0.1, 0.15) is 0 Å². The van der Waals surface area contributed by atoms with Crippen LogP contribution in [0.15, 0.2) is 30.6 Å². The number of aromatic amines is 1. The number of hydrogen-bond acceptors (Lipinski definition) is 3. The summed E-state index contributed by atoms with van der Waals surface area (Å²) in [7, 11) is 0. The van der Waals surface area contributed by atoms with Crippen LogP contribution in [0.4, 0.5) is 0 Å². The van der Waals surface area contributed by atoms with Crippen LogP contribution < -0.4 is 0 Å². The van der Waals surface area contributed by atoms with Crippen molar-refractivity contribution in [2.45, 2.75) is 58.3 Å². The van der Waals surface area contributed by atoms with Gasteiger partial charge in [0, 0.05) is 17.1 Å². The first-order chi connectivity index (χ1) is 12.1. The van der Waals surface area contributed by atoms with E-state index in [0.29, 0.717) is 17.8 Å². The highest BCUT2D eigenvalue weighted by Gasteiger charge is 2.23.